The van der Waals surface area contributed by atoms with Crippen LogP contribution >= 0.6 is 0 Å². The van der Waals surface area contributed by atoms with E-state index in [9.17, 15) is 4.79 Å². The average Bonchev–Trinajstić information content (AvgIpc) is 3.10. The van der Waals surface area contributed by atoms with Gasteiger partial charge in [0.25, 0.3) is 5.91 Å². The van der Waals surface area contributed by atoms with Gasteiger partial charge in [-0.1, -0.05) is 38.5 Å². The van der Waals surface area contributed by atoms with Crippen molar-refractivity contribution in [3.05, 3.63) is 24.2 Å². The first-order chi connectivity index (χ1) is 11.3. The highest BCUT2D eigenvalue weighted by Crippen LogP contribution is 2.30. The monoisotopic (exact) mass is 319 g/mol. The third-order valence-corrected chi connectivity index (χ3v) is 5.47. The highest BCUT2D eigenvalue weighted by Gasteiger charge is 2.32. The van der Waals surface area contributed by atoms with Crippen molar-refractivity contribution < 1.29 is 14.5 Å². The van der Waals surface area contributed by atoms with E-state index in [1.807, 2.05) is 12.1 Å². The number of hydrogen-bond donors (Lipinski definition) is 1. The molecule has 0 radical (unpaired) electrons. The second-order valence-corrected chi connectivity index (χ2v) is 7.16. The number of rotatable bonds is 6. The van der Waals surface area contributed by atoms with Crippen LogP contribution in [0.15, 0.2) is 22.8 Å². The van der Waals surface area contributed by atoms with Crippen molar-refractivity contribution in [2.45, 2.75) is 82.8 Å². The maximum absolute atomic E-state index is 12.9. The van der Waals surface area contributed by atoms with Gasteiger partial charge in [-0.25, -0.2) is 0 Å². The van der Waals surface area contributed by atoms with Crippen molar-refractivity contribution in [2.24, 2.45) is 0 Å². The van der Waals surface area contributed by atoms with Gasteiger partial charge in [0.2, 0.25) is 0 Å². The Morgan fingerprint density at radius 1 is 1.04 bits per heavy atom. The van der Waals surface area contributed by atoms with Crippen molar-refractivity contribution in [3.63, 3.8) is 0 Å². The molecule has 0 aromatic carbocycles. The number of hydrogen-bond acceptors (Lipinski definition) is 2. The Bertz CT molecular complexity index is 442. The molecule has 4 heteroatoms. The van der Waals surface area contributed by atoms with Crippen LogP contribution in [0.4, 0.5) is 0 Å². The first kappa shape index (κ1) is 16.6. The van der Waals surface area contributed by atoms with Crippen molar-refractivity contribution in [2.75, 3.05) is 6.54 Å². The van der Waals surface area contributed by atoms with Crippen LogP contribution in [-0.2, 0) is 11.3 Å². The SMILES string of the molecule is O=C(C[NH2+]Cc1ccco1)N(C1CCCCC1)C1CCCCC1. The lowest BCUT2D eigenvalue weighted by molar-refractivity contribution is -0.662. The van der Waals surface area contributed by atoms with Crippen LogP contribution in [0.3, 0.4) is 0 Å². The van der Waals surface area contributed by atoms with Gasteiger partial charge in [0.05, 0.1) is 6.26 Å². The summed E-state index contributed by atoms with van der Waals surface area (Å²) in [6.45, 7) is 1.30. The van der Waals surface area contributed by atoms with Gasteiger partial charge in [-0.3, -0.25) is 4.79 Å². The topological polar surface area (TPSA) is 50.1 Å². The lowest BCUT2D eigenvalue weighted by Gasteiger charge is -2.41. The lowest BCUT2D eigenvalue weighted by atomic mass is 9.88. The molecule has 1 aromatic heterocycles. The summed E-state index contributed by atoms with van der Waals surface area (Å²) in [6.07, 6.45) is 14.4. The number of nitrogens with zero attached hydrogens (tertiary/aromatic N) is 1. The molecule has 4 nitrogen and oxygen atoms in total. The summed E-state index contributed by atoms with van der Waals surface area (Å²) >= 11 is 0. The molecule has 23 heavy (non-hydrogen) atoms. The summed E-state index contributed by atoms with van der Waals surface area (Å²) in [4.78, 5) is 15.2. The number of carbonyl (C=O) groups is 1. The fourth-order valence-corrected chi connectivity index (χ4v) is 4.30. The molecule has 2 fully saturated rings. The zero-order valence-electron chi connectivity index (χ0n) is 14.2. The lowest BCUT2D eigenvalue weighted by Crippen LogP contribution is -2.85. The van der Waals surface area contributed by atoms with Gasteiger partial charge in [0.15, 0.2) is 12.3 Å². The van der Waals surface area contributed by atoms with Crippen LogP contribution < -0.4 is 5.32 Å². The van der Waals surface area contributed by atoms with Crippen LogP contribution in [0, 0.1) is 0 Å². The molecule has 3 rings (SSSR count). The number of nitrogens with two attached hydrogens (primary N) is 1. The van der Waals surface area contributed by atoms with E-state index in [1.165, 1.54) is 64.2 Å². The molecule has 2 N–H and O–H groups in total. The largest absolute Gasteiger partial charge is 0.463 e. The molecule has 1 heterocycles. The van der Waals surface area contributed by atoms with E-state index in [1.54, 1.807) is 6.26 Å². The Morgan fingerprint density at radius 2 is 1.65 bits per heavy atom. The normalized spacial score (nSPS) is 20.5. The Kier molecular flexibility index (Phi) is 6.14. The van der Waals surface area contributed by atoms with Crippen molar-refractivity contribution in [3.8, 4) is 0 Å². The molecule has 1 amide bonds. The highest BCUT2D eigenvalue weighted by molar-refractivity contribution is 5.77. The van der Waals surface area contributed by atoms with Gasteiger partial charge in [-0.2, -0.15) is 0 Å². The Hall–Kier alpha value is -1.29. The minimum atomic E-state index is 0.343. The standard InChI is InChI=1S/C19H30N2O2/c22-19(15-20-14-18-12-7-13-23-18)21(16-8-3-1-4-9-16)17-10-5-2-6-11-17/h7,12-13,16-17,20H,1-6,8-11,14-15H2/p+1. The number of furan rings is 1. The van der Waals surface area contributed by atoms with E-state index in [0.29, 0.717) is 24.5 Å². The Balaban J connectivity index is 1.57. The van der Waals surface area contributed by atoms with Gasteiger partial charge in [0, 0.05) is 12.1 Å². The minimum Gasteiger partial charge on any atom is -0.463 e. The van der Waals surface area contributed by atoms with Crippen molar-refractivity contribution in [1.29, 1.82) is 0 Å². The summed E-state index contributed by atoms with van der Waals surface area (Å²) in [5.41, 5.74) is 0. The molecule has 2 aliphatic carbocycles. The fraction of sp³-hybridized carbons (Fsp3) is 0.737. The molecule has 0 aliphatic heterocycles. The second-order valence-electron chi connectivity index (χ2n) is 7.16. The molecule has 1 aromatic rings. The predicted octanol–water partition coefficient (Wildman–Crippen LogP) is 2.84. The zero-order valence-corrected chi connectivity index (χ0v) is 14.2. The van der Waals surface area contributed by atoms with E-state index in [2.05, 4.69) is 10.2 Å². The van der Waals surface area contributed by atoms with E-state index in [0.717, 1.165) is 12.3 Å². The van der Waals surface area contributed by atoms with Crippen LogP contribution in [-0.4, -0.2) is 29.4 Å². The molecular formula is C19H31N2O2+. The van der Waals surface area contributed by atoms with E-state index >= 15 is 0 Å². The fourth-order valence-electron chi connectivity index (χ4n) is 4.30. The minimum absolute atomic E-state index is 0.343. The number of carbonyl (C=O) groups excluding carboxylic acids is 1. The number of amides is 1. The van der Waals surface area contributed by atoms with Gasteiger partial charge in [-0.05, 0) is 37.8 Å². The average molecular weight is 319 g/mol. The summed E-state index contributed by atoms with van der Waals surface area (Å²) in [7, 11) is 0. The van der Waals surface area contributed by atoms with Crippen molar-refractivity contribution >= 4 is 5.91 Å². The smallest absolute Gasteiger partial charge is 0.278 e. The van der Waals surface area contributed by atoms with Gasteiger partial charge >= 0.3 is 0 Å². The molecule has 0 unspecified atom stereocenters. The Morgan fingerprint density at radius 3 is 2.17 bits per heavy atom. The molecule has 0 bridgehead atoms. The first-order valence-corrected chi connectivity index (χ1v) is 9.50. The number of quaternary nitrogens is 1. The van der Waals surface area contributed by atoms with Gasteiger partial charge in [-0.15, -0.1) is 0 Å². The van der Waals surface area contributed by atoms with Crippen LogP contribution in [0.5, 0.6) is 0 Å². The molecule has 2 saturated carbocycles. The zero-order chi connectivity index (χ0) is 15.9. The molecule has 0 atom stereocenters. The quantitative estimate of drug-likeness (QED) is 0.876. The van der Waals surface area contributed by atoms with E-state index < -0.39 is 0 Å². The summed E-state index contributed by atoms with van der Waals surface area (Å²) < 4.78 is 5.35. The Labute approximate surface area is 139 Å². The molecule has 128 valence electrons. The van der Waals surface area contributed by atoms with Crippen LogP contribution in [0.25, 0.3) is 0 Å². The van der Waals surface area contributed by atoms with Crippen molar-refractivity contribution in [1.82, 2.24) is 4.90 Å². The van der Waals surface area contributed by atoms with Gasteiger partial charge in [0.1, 0.15) is 6.54 Å². The maximum atomic E-state index is 12.9. The summed E-state index contributed by atoms with van der Waals surface area (Å²) in [5, 5.41) is 2.08. The van der Waals surface area contributed by atoms with E-state index in [4.69, 9.17) is 4.42 Å². The highest BCUT2D eigenvalue weighted by atomic mass is 16.3. The first-order valence-electron chi connectivity index (χ1n) is 9.50. The third kappa shape index (κ3) is 4.60. The molecule has 0 saturated heterocycles. The molecule has 0 spiro atoms. The van der Waals surface area contributed by atoms with Crippen LogP contribution in [0.1, 0.15) is 70.0 Å². The summed E-state index contributed by atoms with van der Waals surface area (Å²) in [6, 6.07) is 4.87. The molecule has 2 aliphatic rings. The van der Waals surface area contributed by atoms with Crippen LogP contribution in [0.2, 0.25) is 0 Å². The second kappa shape index (κ2) is 8.53. The maximum Gasteiger partial charge on any atom is 0.278 e. The third-order valence-electron chi connectivity index (χ3n) is 5.47. The molecular weight excluding hydrogens is 288 g/mol. The predicted molar refractivity (Wildman–Crippen MR) is 89.8 cm³/mol. The van der Waals surface area contributed by atoms with E-state index in [-0.39, 0.29) is 0 Å². The summed E-state index contributed by atoms with van der Waals surface area (Å²) in [5.74, 6) is 1.29. The van der Waals surface area contributed by atoms with Gasteiger partial charge < -0.3 is 14.6 Å².